The molecule has 0 unspecified atom stereocenters. The van der Waals surface area contributed by atoms with Gasteiger partial charge in [0, 0.05) is 28.5 Å². The molecule has 0 radical (unpaired) electrons. The van der Waals surface area contributed by atoms with E-state index in [9.17, 15) is 4.79 Å². The summed E-state index contributed by atoms with van der Waals surface area (Å²) in [5.41, 5.74) is 7.55. The maximum absolute atomic E-state index is 11.1. The Morgan fingerprint density at radius 3 is 2.35 bits per heavy atom. The number of nitrogens with zero attached hydrogens (tertiary/aromatic N) is 2. The highest BCUT2D eigenvalue weighted by Crippen LogP contribution is 2.41. The quantitative estimate of drug-likeness (QED) is 0.190. The molecule has 2 aromatic carbocycles. The molecule has 1 aliphatic carbocycles. The summed E-state index contributed by atoms with van der Waals surface area (Å²) < 4.78 is 0. The van der Waals surface area contributed by atoms with E-state index in [1.807, 2.05) is 12.1 Å². The predicted octanol–water partition coefficient (Wildman–Crippen LogP) is 7.74. The third kappa shape index (κ3) is 5.08. The van der Waals surface area contributed by atoms with Crippen LogP contribution in [0.5, 0.6) is 0 Å². The van der Waals surface area contributed by atoms with Crippen molar-refractivity contribution < 1.29 is 9.90 Å². The van der Waals surface area contributed by atoms with Crippen LogP contribution in [0.4, 0.5) is 5.69 Å². The molecule has 5 heteroatoms. The summed E-state index contributed by atoms with van der Waals surface area (Å²) in [7, 11) is 0. The number of aliphatic carboxylic acids is 1. The van der Waals surface area contributed by atoms with Crippen molar-refractivity contribution in [2.24, 2.45) is 0 Å². The van der Waals surface area contributed by atoms with Crippen molar-refractivity contribution >= 4 is 29.1 Å². The number of anilines is 1. The number of benzene rings is 2. The van der Waals surface area contributed by atoms with Crippen LogP contribution in [0.1, 0.15) is 55.5 Å². The highest BCUT2D eigenvalue weighted by Gasteiger charge is 2.21. The number of rotatable bonds is 10. The molecule has 0 atom stereocenters. The van der Waals surface area contributed by atoms with E-state index >= 15 is 0 Å². The second kappa shape index (κ2) is 10.7. The van der Waals surface area contributed by atoms with Crippen LogP contribution in [0.3, 0.4) is 0 Å². The van der Waals surface area contributed by atoms with Gasteiger partial charge in [-0.3, -0.25) is 4.79 Å². The maximum Gasteiger partial charge on any atom is 0.333 e. The van der Waals surface area contributed by atoms with Crippen molar-refractivity contribution in [3.8, 4) is 21.6 Å². The van der Waals surface area contributed by atoms with E-state index in [0.717, 1.165) is 34.8 Å². The van der Waals surface area contributed by atoms with Crippen molar-refractivity contribution in [1.29, 1.82) is 0 Å². The van der Waals surface area contributed by atoms with Crippen molar-refractivity contribution in [2.75, 3.05) is 18.0 Å². The molecule has 0 bridgehead atoms. The fraction of sp³-hybridized carbons (Fsp3) is 0.310. The van der Waals surface area contributed by atoms with Gasteiger partial charge in [0.1, 0.15) is 0 Å². The topological polar surface area (TPSA) is 44.9 Å². The zero-order valence-electron chi connectivity index (χ0n) is 19.8. The molecule has 174 valence electrons. The fourth-order valence-electron chi connectivity index (χ4n) is 4.48. The van der Waals surface area contributed by atoms with Crippen molar-refractivity contribution in [2.45, 2.75) is 46.0 Å². The molecule has 0 aliphatic heterocycles. The summed E-state index contributed by atoms with van der Waals surface area (Å²) in [4.78, 5) is 18.6. The lowest BCUT2D eigenvalue weighted by molar-refractivity contribution is -0.132. The van der Waals surface area contributed by atoms with Gasteiger partial charge in [-0.2, -0.15) is 0 Å². The Morgan fingerprint density at radius 2 is 1.71 bits per heavy atom. The Hall–Kier alpha value is -3.36. The van der Waals surface area contributed by atoms with Crippen molar-refractivity contribution in [3.05, 3.63) is 81.6 Å². The molecule has 1 heterocycles. The smallest absolute Gasteiger partial charge is 0.333 e. The first-order valence-corrected chi connectivity index (χ1v) is 12.8. The van der Waals surface area contributed by atoms with Crippen LogP contribution in [0, 0.1) is 6.57 Å². The van der Waals surface area contributed by atoms with Crippen LogP contribution in [0.2, 0.25) is 0 Å². The molecule has 0 fully saturated rings. The van der Waals surface area contributed by atoms with E-state index in [1.165, 1.54) is 71.0 Å². The van der Waals surface area contributed by atoms with Gasteiger partial charge in [0.25, 0.3) is 5.70 Å². The average molecular weight is 471 g/mol. The second-order valence-electron chi connectivity index (χ2n) is 8.73. The number of hydrogen-bond donors (Lipinski definition) is 1. The van der Waals surface area contributed by atoms with E-state index in [2.05, 4.69) is 60.0 Å². The zero-order chi connectivity index (χ0) is 24.1. The van der Waals surface area contributed by atoms with Gasteiger partial charge in [-0.05, 0) is 83.5 Å². The van der Waals surface area contributed by atoms with Gasteiger partial charge < -0.3 is 10.0 Å². The zero-order valence-corrected chi connectivity index (χ0v) is 20.6. The summed E-state index contributed by atoms with van der Waals surface area (Å²) >= 11 is 1.51. The van der Waals surface area contributed by atoms with E-state index in [4.69, 9.17) is 11.7 Å². The third-order valence-corrected chi connectivity index (χ3v) is 7.40. The molecule has 1 N–H and O–H groups in total. The monoisotopic (exact) mass is 470 g/mol. The van der Waals surface area contributed by atoms with Crippen molar-refractivity contribution in [3.63, 3.8) is 0 Å². The molecule has 1 aromatic heterocycles. The highest BCUT2D eigenvalue weighted by molar-refractivity contribution is 7.16. The van der Waals surface area contributed by atoms with Crippen LogP contribution < -0.4 is 4.90 Å². The molecule has 4 rings (SSSR count). The normalized spacial score (nSPS) is 12.2. The average Bonchev–Trinajstić information content (AvgIpc) is 3.45. The largest absolute Gasteiger partial charge is 0.486 e. The summed E-state index contributed by atoms with van der Waals surface area (Å²) in [5.74, 6) is -1.19. The van der Waals surface area contributed by atoms with Gasteiger partial charge in [0.2, 0.25) is 0 Å². The molecule has 0 saturated heterocycles. The molecule has 0 saturated carbocycles. The van der Waals surface area contributed by atoms with E-state index in [1.54, 1.807) is 0 Å². The molecular weight excluding hydrogens is 440 g/mol. The standard InChI is InChI=1S/C29H30N2O2S/c1-4-6-14-31(15-7-5-2)23-9-12-26-22(18-23)17-21-16-20(8-11-25(21)26)28-13-10-24(34-28)19-27(30-3)29(32)33/h8-13,16,18-19H,4-7,14-15,17H2,1-2H3,(H,32,33). The number of fused-ring (bicyclic) bond motifs is 3. The summed E-state index contributed by atoms with van der Waals surface area (Å²) in [6, 6.07) is 17.4. The molecule has 4 nitrogen and oxygen atoms in total. The number of hydrogen-bond acceptors (Lipinski definition) is 3. The lowest BCUT2D eigenvalue weighted by atomic mass is 10.0. The summed E-state index contributed by atoms with van der Waals surface area (Å²) in [5, 5.41) is 9.11. The van der Waals surface area contributed by atoms with Crippen LogP contribution in [0.15, 0.2) is 54.2 Å². The molecule has 34 heavy (non-hydrogen) atoms. The van der Waals surface area contributed by atoms with Gasteiger partial charge >= 0.3 is 5.97 Å². The molecule has 3 aromatic rings. The van der Waals surface area contributed by atoms with Gasteiger partial charge in [-0.1, -0.05) is 44.9 Å². The molecule has 0 amide bonds. The van der Waals surface area contributed by atoms with Crippen LogP contribution in [0.25, 0.3) is 32.5 Å². The number of unbranched alkanes of at least 4 members (excludes halogenated alkanes) is 2. The Kier molecular flexibility index (Phi) is 7.49. The number of carbonyl (C=O) groups is 1. The molecule has 0 spiro atoms. The Balaban J connectivity index is 1.57. The second-order valence-corrected chi connectivity index (χ2v) is 9.85. The summed E-state index contributed by atoms with van der Waals surface area (Å²) in [6.07, 6.45) is 7.21. The lowest BCUT2D eigenvalue weighted by Gasteiger charge is -2.25. The van der Waals surface area contributed by atoms with Gasteiger partial charge in [0.15, 0.2) is 0 Å². The molecule has 1 aliphatic rings. The predicted molar refractivity (Wildman–Crippen MR) is 142 cm³/mol. The van der Waals surface area contributed by atoms with E-state index in [0.29, 0.717) is 0 Å². The Labute approximate surface area is 206 Å². The Bertz CT molecular complexity index is 1260. The minimum absolute atomic E-state index is 0.263. The first-order valence-electron chi connectivity index (χ1n) is 12.0. The number of thiophene rings is 1. The van der Waals surface area contributed by atoms with Gasteiger partial charge in [-0.15, -0.1) is 11.3 Å². The first-order chi connectivity index (χ1) is 16.5. The van der Waals surface area contributed by atoms with Crippen molar-refractivity contribution in [1.82, 2.24) is 0 Å². The van der Waals surface area contributed by atoms with Crippen LogP contribution in [-0.4, -0.2) is 24.2 Å². The first kappa shape index (κ1) is 23.8. The van der Waals surface area contributed by atoms with E-state index in [-0.39, 0.29) is 5.70 Å². The van der Waals surface area contributed by atoms with Gasteiger partial charge in [-0.25, -0.2) is 4.85 Å². The lowest BCUT2D eigenvalue weighted by Crippen LogP contribution is -2.25. The maximum atomic E-state index is 11.1. The van der Waals surface area contributed by atoms with Crippen LogP contribution in [-0.2, 0) is 11.2 Å². The highest BCUT2D eigenvalue weighted by atomic mass is 32.1. The number of carboxylic acid groups (broad SMARTS) is 1. The minimum Gasteiger partial charge on any atom is -0.486 e. The van der Waals surface area contributed by atoms with Gasteiger partial charge in [0.05, 0.1) is 6.57 Å². The SMILES string of the molecule is [C-]#[N+]C(=Cc1ccc(-c2ccc3c(c2)Cc2cc(N(CCCC)CCCC)ccc2-3)s1)C(=O)O. The van der Waals surface area contributed by atoms with Crippen LogP contribution >= 0.6 is 11.3 Å². The minimum atomic E-state index is -1.19. The molecular formula is C29H30N2O2S. The Morgan fingerprint density at radius 1 is 1.03 bits per heavy atom. The summed E-state index contributed by atoms with van der Waals surface area (Å²) in [6.45, 7) is 13.8. The van der Waals surface area contributed by atoms with E-state index < -0.39 is 5.97 Å². The number of carboxylic acids is 1. The fourth-order valence-corrected chi connectivity index (χ4v) is 5.42. The third-order valence-electron chi connectivity index (χ3n) is 6.32.